The fraction of sp³-hybridized carbons (Fsp3) is 0.238. The van der Waals surface area contributed by atoms with Crippen LogP contribution in [-0.2, 0) is 6.42 Å². The fourth-order valence-corrected chi connectivity index (χ4v) is 4.52. The highest BCUT2D eigenvalue weighted by molar-refractivity contribution is 5.69. The number of fused-ring (bicyclic) bond motifs is 4. The molecule has 4 heteroatoms. The minimum atomic E-state index is -0.580. The number of benzene rings is 2. The molecule has 1 aliphatic heterocycles. The van der Waals surface area contributed by atoms with Gasteiger partial charge in [-0.25, -0.2) is 4.98 Å². The molecule has 0 amide bonds. The molecule has 3 aromatic rings. The Balaban J connectivity index is 1.62. The summed E-state index contributed by atoms with van der Waals surface area (Å²) in [5.41, 5.74) is 6.23. The summed E-state index contributed by atoms with van der Waals surface area (Å²) in [6, 6.07) is 16.3. The Bertz CT molecular complexity index is 1010. The topological polar surface area (TPSA) is 61.8 Å². The molecule has 0 saturated carbocycles. The summed E-state index contributed by atoms with van der Waals surface area (Å²) in [5, 5.41) is 20.3. The first kappa shape index (κ1) is 14.4. The van der Waals surface area contributed by atoms with Gasteiger partial charge in [-0.15, -0.1) is 0 Å². The second-order valence-electron chi connectivity index (χ2n) is 6.89. The van der Waals surface area contributed by atoms with E-state index < -0.39 is 6.10 Å². The highest BCUT2D eigenvalue weighted by atomic mass is 16.3. The summed E-state index contributed by atoms with van der Waals surface area (Å²) < 4.78 is 2.19. The van der Waals surface area contributed by atoms with Crippen LogP contribution in [0.5, 0.6) is 0 Å². The van der Waals surface area contributed by atoms with Gasteiger partial charge in [-0.2, -0.15) is 5.26 Å². The highest BCUT2D eigenvalue weighted by Gasteiger charge is 2.40. The third kappa shape index (κ3) is 2.00. The lowest BCUT2D eigenvalue weighted by molar-refractivity contribution is 0.0720. The number of aliphatic hydroxyl groups excluding tert-OH is 1. The molecule has 25 heavy (non-hydrogen) atoms. The van der Waals surface area contributed by atoms with Crippen molar-refractivity contribution in [2.75, 3.05) is 0 Å². The Morgan fingerprint density at radius 2 is 2.04 bits per heavy atom. The quantitative estimate of drug-likeness (QED) is 0.742. The van der Waals surface area contributed by atoms with E-state index in [2.05, 4.69) is 33.8 Å². The second-order valence-corrected chi connectivity index (χ2v) is 6.89. The number of hydrogen-bond donors (Lipinski definition) is 1. The van der Waals surface area contributed by atoms with Gasteiger partial charge in [0.05, 0.1) is 42.0 Å². The van der Waals surface area contributed by atoms with Crippen molar-refractivity contribution in [3.8, 4) is 17.3 Å². The van der Waals surface area contributed by atoms with E-state index in [-0.39, 0.29) is 12.0 Å². The predicted octanol–water partition coefficient (Wildman–Crippen LogP) is 3.62. The van der Waals surface area contributed by atoms with Crippen molar-refractivity contribution in [1.82, 2.24) is 9.55 Å². The standard InChI is InChI=1S/C21H17N3O/c22-10-13-5-6-14-7-8-17(21(25)18(14)9-13)20-16-4-2-1-3-15(16)19-11-23-12-24(19)20/h1-6,9,11-12,17,20-21,25H,7-8H2/t17-,20-,21-/m1/s1. The number of aliphatic hydroxyl groups is 1. The van der Waals surface area contributed by atoms with Gasteiger partial charge in [0.2, 0.25) is 0 Å². The number of imidazole rings is 1. The molecule has 122 valence electrons. The molecular weight excluding hydrogens is 310 g/mol. The van der Waals surface area contributed by atoms with E-state index in [1.54, 1.807) is 0 Å². The van der Waals surface area contributed by atoms with E-state index in [0.717, 1.165) is 29.7 Å². The zero-order chi connectivity index (χ0) is 17.0. The number of rotatable bonds is 1. The summed E-state index contributed by atoms with van der Waals surface area (Å²) in [7, 11) is 0. The Hall–Kier alpha value is -2.90. The molecule has 1 N–H and O–H groups in total. The van der Waals surface area contributed by atoms with Crippen LogP contribution < -0.4 is 0 Å². The monoisotopic (exact) mass is 327 g/mol. The summed E-state index contributed by atoms with van der Waals surface area (Å²) in [6.45, 7) is 0. The molecule has 0 saturated heterocycles. The SMILES string of the molecule is N#Cc1ccc2c(c1)[C@H](O)[C@@H]([C@H]1c3ccccc3-c3cncn31)CC2. The molecule has 0 unspecified atom stereocenters. The molecule has 4 nitrogen and oxygen atoms in total. The Kier molecular flexibility index (Phi) is 3.06. The van der Waals surface area contributed by atoms with Crippen LogP contribution in [0.4, 0.5) is 0 Å². The maximum absolute atomic E-state index is 11.1. The van der Waals surface area contributed by atoms with E-state index in [4.69, 9.17) is 0 Å². The fourth-order valence-electron chi connectivity index (χ4n) is 4.52. The number of aryl methyl sites for hydroxylation is 1. The van der Waals surface area contributed by atoms with Gasteiger partial charge >= 0.3 is 0 Å². The third-order valence-electron chi connectivity index (χ3n) is 5.67. The van der Waals surface area contributed by atoms with Crippen LogP contribution in [0, 0.1) is 17.2 Å². The van der Waals surface area contributed by atoms with E-state index in [1.807, 2.05) is 36.8 Å². The lowest BCUT2D eigenvalue weighted by atomic mass is 9.75. The maximum atomic E-state index is 11.1. The van der Waals surface area contributed by atoms with E-state index in [1.165, 1.54) is 11.1 Å². The lowest BCUT2D eigenvalue weighted by Crippen LogP contribution is -2.28. The minimum Gasteiger partial charge on any atom is -0.388 e. The van der Waals surface area contributed by atoms with Crippen molar-refractivity contribution >= 4 is 0 Å². The van der Waals surface area contributed by atoms with Gasteiger partial charge in [0.1, 0.15) is 0 Å². The molecular formula is C21H17N3O. The largest absolute Gasteiger partial charge is 0.388 e. The molecule has 0 radical (unpaired) electrons. The molecule has 0 bridgehead atoms. The molecule has 0 fully saturated rings. The summed E-state index contributed by atoms with van der Waals surface area (Å²) in [6.07, 6.45) is 5.02. The predicted molar refractivity (Wildman–Crippen MR) is 93.7 cm³/mol. The van der Waals surface area contributed by atoms with E-state index >= 15 is 0 Å². The highest BCUT2D eigenvalue weighted by Crippen LogP contribution is 2.49. The van der Waals surface area contributed by atoms with Crippen LogP contribution in [-0.4, -0.2) is 14.7 Å². The number of aromatic nitrogens is 2. The van der Waals surface area contributed by atoms with Gasteiger partial charge in [0, 0.05) is 11.5 Å². The number of nitriles is 1. The average molecular weight is 327 g/mol. The van der Waals surface area contributed by atoms with Crippen molar-refractivity contribution in [3.05, 3.63) is 77.2 Å². The van der Waals surface area contributed by atoms with Crippen LogP contribution >= 0.6 is 0 Å². The zero-order valence-corrected chi connectivity index (χ0v) is 13.6. The number of hydrogen-bond acceptors (Lipinski definition) is 3. The van der Waals surface area contributed by atoms with Crippen molar-refractivity contribution in [2.45, 2.75) is 25.0 Å². The average Bonchev–Trinajstić information content (AvgIpc) is 3.23. The van der Waals surface area contributed by atoms with Crippen molar-refractivity contribution in [1.29, 1.82) is 5.26 Å². The number of nitrogens with zero attached hydrogens (tertiary/aromatic N) is 3. The Morgan fingerprint density at radius 1 is 1.16 bits per heavy atom. The second kappa shape index (κ2) is 5.30. The summed E-state index contributed by atoms with van der Waals surface area (Å²) in [4.78, 5) is 4.32. The molecule has 5 rings (SSSR count). The van der Waals surface area contributed by atoms with Gasteiger partial charge in [-0.1, -0.05) is 30.3 Å². The van der Waals surface area contributed by atoms with Crippen LogP contribution in [0.2, 0.25) is 0 Å². The molecule has 1 aliphatic carbocycles. The van der Waals surface area contributed by atoms with E-state index in [0.29, 0.717) is 5.56 Å². The Morgan fingerprint density at radius 3 is 2.92 bits per heavy atom. The van der Waals surface area contributed by atoms with Gasteiger partial charge in [0.15, 0.2) is 0 Å². The molecule has 2 aromatic carbocycles. The van der Waals surface area contributed by atoms with Crippen LogP contribution in [0.15, 0.2) is 55.0 Å². The zero-order valence-electron chi connectivity index (χ0n) is 13.6. The summed E-state index contributed by atoms with van der Waals surface area (Å²) >= 11 is 0. The third-order valence-corrected chi connectivity index (χ3v) is 5.67. The minimum absolute atomic E-state index is 0.0676. The first-order valence-electron chi connectivity index (χ1n) is 8.60. The summed E-state index contributed by atoms with van der Waals surface area (Å²) in [5.74, 6) is 0.0676. The van der Waals surface area contributed by atoms with Gasteiger partial charge in [-0.3, -0.25) is 0 Å². The van der Waals surface area contributed by atoms with Crippen LogP contribution in [0.1, 0.15) is 40.8 Å². The van der Waals surface area contributed by atoms with Crippen molar-refractivity contribution in [3.63, 3.8) is 0 Å². The first-order valence-corrected chi connectivity index (χ1v) is 8.60. The maximum Gasteiger partial charge on any atom is 0.0991 e. The van der Waals surface area contributed by atoms with Gasteiger partial charge in [0.25, 0.3) is 0 Å². The molecule has 2 heterocycles. The lowest BCUT2D eigenvalue weighted by Gasteiger charge is -2.35. The Labute approximate surface area is 146 Å². The van der Waals surface area contributed by atoms with Gasteiger partial charge in [-0.05, 0) is 41.7 Å². The first-order chi connectivity index (χ1) is 12.3. The molecule has 0 spiro atoms. The van der Waals surface area contributed by atoms with Crippen molar-refractivity contribution < 1.29 is 5.11 Å². The van der Waals surface area contributed by atoms with Crippen LogP contribution in [0.3, 0.4) is 0 Å². The normalized spacial score (nSPS) is 23.4. The molecule has 3 atom stereocenters. The van der Waals surface area contributed by atoms with Gasteiger partial charge < -0.3 is 9.67 Å². The molecule has 2 aliphatic rings. The van der Waals surface area contributed by atoms with Crippen molar-refractivity contribution in [2.24, 2.45) is 5.92 Å². The van der Waals surface area contributed by atoms with E-state index in [9.17, 15) is 10.4 Å². The smallest absolute Gasteiger partial charge is 0.0991 e. The van der Waals surface area contributed by atoms with Crippen LogP contribution in [0.25, 0.3) is 11.3 Å². The molecule has 1 aromatic heterocycles.